The van der Waals surface area contributed by atoms with Crippen molar-refractivity contribution in [3.05, 3.63) is 58.6 Å². The molecule has 0 atom stereocenters. The molecule has 0 unspecified atom stereocenters. The standard InChI is InChI=1S/C18H19BrN2O3/c1-2-10-20-18(23)13-4-3-5-15(11-13)21-17(22)12-24-16-8-6-14(19)7-9-16/h3-9,11H,2,10,12H2,1H3,(H,20,23)(H,21,22). The topological polar surface area (TPSA) is 67.4 Å². The molecule has 0 saturated heterocycles. The van der Waals surface area contributed by atoms with E-state index in [9.17, 15) is 9.59 Å². The molecular formula is C18H19BrN2O3. The van der Waals surface area contributed by atoms with Crippen LogP contribution in [0.1, 0.15) is 23.7 Å². The number of carbonyl (C=O) groups excluding carboxylic acids is 2. The second-order valence-electron chi connectivity index (χ2n) is 5.13. The van der Waals surface area contributed by atoms with Gasteiger partial charge in [0.15, 0.2) is 6.61 Å². The van der Waals surface area contributed by atoms with E-state index in [1.54, 1.807) is 36.4 Å². The van der Waals surface area contributed by atoms with Crippen molar-refractivity contribution in [3.8, 4) is 5.75 Å². The quantitative estimate of drug-likeness (QED) is 0.758. The molecule has 0 aliphatic carbocycles. The van der Waals surface area contributed by atoms with Gasteiger partial charge in [0.25, 0.3) is 11.8 Å². The summed E-state index contributed by atoms with van der Waals surface area (Å²) in [5.41, 5.74) is 1.07. The number of ether oxygens (including phenoxy) is 1. The molecule has 0 saturated carbocycles. The zero-order chi connectivity index (χ0) is 17.4. The van der Waals surface area contributed by atoms with Crippen molar-refractivity contribution >= 4 is 33.4 Å². The largest absolute Gasteiger partial charge is 0.484 e. The number of benzene rings is 2. The summed E-state index contributed by atoms with van der Waals surface area (Å²) in [6.07, 6.45) is 0.871. The second kappa shape index (κ2) is 9.08. The van der Waals surface area contributed by atoms with Gasteiger partial charge in [-0.2, -0.15) is 0 Å². The van der Waals surface area contributed by atoms with Crippen LogP contribution in [-0.4, -0.2) is 25.0 Å². The number of rotatable bonds is 7. The molecule has 6 heteroatoms. The normalized spacial score (nSPS) is 10.1. The van der Waals surface area contributed by atoms with Crippen molar-refractivity contribution in [2.75, 3.05) is 18.5 Å². The highest BCUT2D eigenvalue weighted by atomic mass is 79.9. The van der Waals surface area contributed by atoms with Crippen LogP contribution in [0.5, 0.6) is 5.75 Å². The number of hydrogen-bond donors (Lipinski definition) is 2. The molecule has 0 aliphatic heterocycles. The van der Waals surface area contributed by atoms with Crippen LogP contribution in [0.4, 0.5) is 5.69 Å². The molecule has 2 aromatic carbocycles. The van der Waals surface area contributed by atoms with E-state index < -0.39 is 0 Å². The predicted octanol–water partition coefficient (Wildman–Crippen LogP) is 3.61. The lowest BCUT2D eigenvalue weighted by molar-refractivity contribution is -0.118. The molecule has 2 aromatic rings. The molecule has 0 spiro atoms. The lowest BCUT2D eigenvalue weighted by atomic mass is 10.2. The Balaban J connectivity index is 1.89. The molecule has 0 fully saturated rings. The minimum absolute atomic E-state index is 0.103. The average Bonchev–Trinajstić information content (AvgIpc) is 2.59. The molecule has 2 rings (SSSR count). The molecule has 5 nitrogen and oxygen atoms in total. The van der Waals surface area contributed by atoms with Crippen molar-refractivity contribution in [2.24, 2.45) is 0 Å². The zero-order valence-electron chi connectivity index (χ0n) is 13.3. The smallest absolute Gasteiger partial charge is 0.262 e. The summed E-state index contributed by atoms with van der Waals surface area (Å²) in [6.45, 7) is 2.51. The minimum atomic E-state index is -0.288. The number of anilines is 1. The van der Waals surface area contributed by atoms with E-state index in [1.165, 1.54) is 0 Å². The summed E-state index contributed by atoms with van der Waals surface area (Å²) < 4.78 is 6.36. The SMILES string of the molecule is CCCNC(=O)c1cccc(NC(=O)COc2ccc(Br)cc2)c1. The average molecular weight is 391 g/mol. The third-order valence-corrected chi connectivity index (χ3v) is 3.66. The van der Waals surface area contributed by atoms with E-state index in [-0.39, 0.29) is 18.4 Å². The number of amides is 2. The Morgan fingerprint density at radius 2 is 1.88 bits per heavy atom. The number of halogens is 1. The fourth-order valence-electron chi connectivity index (χ4n) is 1.96. The molecular weight excluding hydrogens is 372 g/mol. The maximum atomic E-state index is 12.0. The maximum Gasteiger partial charge on any atom is 0.262 e. The molecule has 24 heavy (non-hydrogen) atoms. The van der Waals surface area contributed by atoms with E-state index in [4.69, 9.17) is 4.74 Å². The zero-order valence-corrected chi connectivity index (χ0v) is 14.9. The van der Waals surface area contributed by atoms with Crippen molar-refractivity contribution in [2.45, 2.75) is 13.3 Å². The van der Waals surface area contributed by atoms with Gasteiger partial charge in [-0.05, 0) is 48.9 Å². The van der Waals surface area contributed by atoms with Gasteiger partial charge in [0, 0.05) is 22.3 Å². The summed E-state index contributed by atoms with van der Waals surface area (Å²) in [5.74, 6) is 0.171. The van der Waals surface area contributed by atoms with Crippen LogP contribution in [0.15, 0.2) is 53.0 Å². The highest BCUT2D eigenvalue weighted by Gasteiger charge is 2.08. The number of carbonyl (C=O) groups is 2. The van der Waals surface area contributed by atoms with Crippen LogP contribution in [-0.2, 0) is 4.79 Å². The van der Waals surface area contributed by atoms with E-state index >= 15 is 0 Å². The van der Waals surface area contributed by atoms with E-state index in [0.29, 0.717) is 23.5 Å². The van der Waals surface area contributed by atoms with Gasteiger partial charge in [0.05, 0.1) is 0 Å². The van der Waals surface area contributed by atoms with Crippen LogP contribution >= 0.6 is 15.9 Å². The van der Waals surface area contributed by atoms with Gasteiger partial charge >= 0.3 is 0 Å². The van der Waals surface area contributed by atoms with E-state index in [2.05, 4.69) is 26.6 Å². The summed E-state index contributed by atoms with van der Waals surface area (Å²) in [5, 5.41) is 5.52. The first-order valence-corrected chi connectivity index (χ1v) is 8.44. The Morgan fingerprint density at radius 3 is 2.58 bits per heavy atom. The van der Waals surface area contributed by atoms with Crippen LogP contribution in [0.2, 0.25) is 0 Å². The monoisotopic (exact) mass is 390 g/mol. The van der Waals surface area contributed by atoms with Crippen molar-refractivity contribution in [1.29, 1.82) is 0 Å². The van der Waals surface area contributed by atoms with Gasteiger partial charge in [0.1, 0.15) is 5.75 Å². The summed E-state index contributed by atoms with van der Waals surface area (Å²) >= 11 is 3.34. The third kappa shape index (κ3) is 5.70. The van der Waals surface area contributed by atoms with E-state index in [0.717, 1.165) is 10.9 Å². The lowest BCUT2D eigenvalue weighted by Gasteiger charge is -2.09. The Kier molecular flexibility index (Phi) is 6.81. The van der Waals surface area contributed by atoms with Crippen LogP contribution in [0, 0.1) is 0 Å². The van der Waals surface area contributed by atoms with Gasteiger partial charge < -0.3 is 15.4 Å². The Hall–Kier alpha value is -2.34. The van der Waals surface area contributed by atoms with Crippen molar-refractivity contribution in [1.82, 2.24) is 5.32 Å². The molecule has 0 bridgehead atoms. The highest BCUT2D eigenvalue weighted by molar-refractivity contribution is 9.10. The molecule has 2 amide bonds. The minimum Gasteiger partial charge on any atom is -0.484 e. The van der Waals surface area contributed by atoms with Gasteiger partial charge in [-0.3, -0.25) is 9.59 Å². The molecule has 126 valence electrons. The highest BCUT2D eigenvalue weighted by Crippen LogP contribution is 2.16. The second-order valence-corrected chi connectivity index (χ2v) is 6.04. The summed E-state index contributed by atoms with van der Waals surface area (Å²) in [4.78, 5) is 23.9. The first-order chi connectivity index (χ1) is 11.6. The molecule has 0 radical (unpaired) electrons. The molecule has 0 aliphatic rings. The predicted molar refractivity (Wildman–Crippen MR) is 97.3 cm³/mol. The Bertz CT molecular complexity index is 702. The molecule has 0 aromatic heterocycles. The third-order valence-electron chi connectivity index (χ3n) is 3.13. The Morgan fingerprint density at radius 1 is 1.12 bits per heavy atom. The van der Waals surface area contributed by atoms with Crippen LogP contribution < -0.4 is 15.4 Å². The lowest BCUT2D eigenvalue weighted by Crippen LogP contribution is -2.24. The van der Waals surface area contributed by atoms with Gasteiger partial charge in [-0.25, -0.2) is 0 Å². The molecule has 2 N–H and O–H groups in total. The molecule has 0 heterocycles. The summed E-state index contributed by atoms with van der Waals surface area (Å²) in [7, 11) is 0. The number of nitrogens with one attached hydrogen (secondary N) is 2. The van der Waals surface area contributed by atoms with Crippen LogP contribution in [0.25, 0.3) is 0 Å². The fraction of sp³-hybridized carbons (Fsp3) is 0.222. The van der Waals surface area contributed by atoms with Gasteiger partial charge in [-0.1, -0.05) is 28.9 Å². The van der Waals surface area contributed by atoms with Crippen molar-refractivity contribution < 1.29 is 14.3 Å². The van der Waals surface area contributed by atoms with E-state index in [1.807, 2.05) is 19.1 Å². The van der Waals surface area contributed by atoms with Gasteiger partial charge in [-0.15, -0.1) is 0 Å². The number of hydrogen-bond acceptors (Lipinski definition) is 3. The first kappa shape index (κ1) is 18.0. The van der Waals surface area contributed by atoms with Crippen molar-refractivity contribution in [3.63, 3.8) is 0 Å². The maximum absolute atomic E-state index is 12.0. The van der Waals surface area contributed by atoms with Crippen LogP contribution in [0.3, 0.4) is 0 Å². The fourth-order valence-corrected chi connectivity index (χ4v) is 2.22. The summed E-state index contributed by atoms with van der Waals surface area (Å²) in [6, 6.07) is 14.0. The first-order valence-electron chi connectivity index (χ1n) is 7.65. The van der Waals surface area contributed by atoms with Gasteiger partial charge in [0.2, 0.25) is 0 Å². The Labute approximate surface area is 149 Å².